The van der Waals surface area contributed by atoms with Crippen molar-refractivity contribution in [3.8, 4) is 6.07 Å². The molecule has 0 radical (unpaired) electrons. The molecule has 0 bridgehead atoms. The van der Waals surface area contributed by atoms with E-state index in [-0.39, 0.29) is 5.75 Å². The van der Waals surface area contributed by atoms with E-state index in [2.05, 4.69) is 11.2 Å². The summed E-state index contributed by atoms with van der Waals surface area (Å²) in [6, 6.07) is 2.08. The van der Waals surface area contributed by atoms with Gasteiger partial charge in [0.1, 0.15) is 26.5 Å². The zero-order valence-corrected chi connectivity index (χ0v) is 11.0. The minimum Gasteiger partial charge on any atom is -0.260 e. The molecule has 0 saturated heterocycles. The first-order chi connectivity index (χ1) is 7.35. The quantitative estimate of drug-likeness (QED) is 0.745. The number of hydrogen-bond acceptors (Lipinski definition) is 5. The molecule has 1 rings (SSSR count). The molecular formula is C9H13N3O2S2. The second kappa shape index (κ2) is 4.89. The van der Waals surface area contributed by atoms with Crippen LogP contribution in [0.15, 0.2) is 5.03 Å². The average molecular weight is 259 g/mol. The van der Waals surface area contributed by atoms with Gasteiger partial charge in [0.05, 0.1) is 11.4 Å². The normalized spacial score (nSPS) is 11.4. The minimum atomic E-state index is -2.95. The van der Waals surface area contributed by atoms with Crippen molar-refractivity contribution in [3.63, 3.8) is 0 Å². The van der Waals surface area contributed by atoms with Gasteiger partial charge in [0.2, 0.25) is 0 Å². The van der Waals surface area contributed by atoms with Crippen LogP contribution < -0.4 is 0 Å². The Bertz CT molecular complexity index is 526. The van der Waals surface area contributed by atoms with Crippen LogP contribution in [0.3, 0.4) is 0 Å². The Morgan fingerprint density at radius 3 is 2.69 bits per heavy atom. The molecule has 0 spiro atoms. The third kappa shape index (κ3) is 3.25. The maximum absolute atomic E-state index is 11.0. The lowest BCUT2D eigenvalue weighted by atomic mass is 10.3. The molecule has 1 aromatic rings. The van der Waals surface area contributed by atoms with Gasteiger partial charge in [0.15, 0.2) is 0 Å². The van der Waals surface area contributed by atoms with Gasteiger partial charge in [-0.25, -0.2) is 8.42 Å². The number of nitriles is 1. The molecule has 5 nitrogen and oxygen atoms in total. The summed E-state index contributed by atoms with van der Waals surface area (Å²) in [6.45, 7) is 1.76. The van der Waals surface area contributed by atoms with Crippen LogP contribution in [0.1, 0.15) is 11.3 Å². The third-order valence-electron chi connectivity index (χ3n) is 1.97. The second-order valence-corrected chi connectivity index (χ2v) is 6.82. The van der Waals surface area contributed by atoms with Gasteiger partial charge >= 0.3 is 0 Å². The zero-order valence-electron chi connectivity index (χ0n) is 9.39. The van der Waals surface area contributed by atoms with Crippen LogP contribution in [0, 0.1) is 18.3 Å². The second-order valence-electron chi connectivity index (χ2n) is 3.48. The first kappa shape index (κ1) is 13.1. The monoisotopic (exact) mass is 259 g/mol. The Kier molecular flexibility index (Phi) is 3.99. The molecule has 16 heavy (non-hydrogen) atoms. The summed E-state index contributed by atoms with van der Waals surface area (Å²) in [5.41, 5.74) is 1.20. The van der Waals surface area contributed by atoms with Crippen molar-refractivity contribution in [2.24, 2.45) is 7.05 Å². The summed E-state index contributed by atoms with van der Waals surface area (Å²) < 4.78 is 23.5. The largest absolute Gasteiger partial charge is 0.260 e. The average Bonchev–Trinajstić information content (AvgIpc) is 2.39. The maximum Gasteiger partial charge on any atom is 0.148 e. The van der Waals surface area contributed by atoms with Gasteiger partial charge in [-0.15, -0.1) is 11.8 Å². The van der Waals surface area contributed by atoms with Gasteiger partial charge in [-0.1, -0.05) is 0 Å². The fraction of sp³-hybridized carbons (Fsp3) is 0.556. The standard InChI is InChI=1S/C9H13N3O2S2/c1-7-8(6-10)9(12(2)11-7)15-4-5-16(3,13)14/h4-5H2,1-3H3. The third-order valence-corrected chi connectivity index (χ3v) is 4.33. The number of nitrogens with zero attached hydrogens (tertiary/aromatic N) is 3. The van der Waals surface area contributed by atoms with Gasteiger partial charge in [-0.3, -0.25) is 4.68 Å². The predicted molar refractivity (Wildman–Crippen MR) is 63.1 cm³/mol. The SMILES string of the molecule is Cc1nn(C)c(SCCS(C)(=O)=O)c1C#N. The molecule has 1 aromatic heterocycles. The van der Waals surface area contributed by atoms with Crippen molar-refractivity contribution in [3.05, 3.63) is 11.3 Å². The van der Waals surface area contributed by atoms with E-state index in [1.807, 2.05) is 0 Å². The highest BCUT2D eigenvalue weighted by atomic mass is 32.2. The lowest BCUT2D eigenvalue weighted by Crippen LogP contribution is -2.06. The van der Waals surface area contributed by atoms with Crippen molar-refractivity contribution >= 4 is 21.6 Å². The molecule has 0 aliphatic heterocycles. The molecule has 0 aliphatic rings. The van der Waals surface area contributed by atoms with Gasteiger partial charge < -0.3 is 0 Å². The molecule has 0 atom stereocenters. The summed E-state index contributed by atoms with van der Waals surface area (Å²) in [6.07, 6.45) is 1.20. The first-order valence-corrected chi connectivity index (χ1v) is 7.64. The van der Waals surface area contributed by atoms with Gasteiger partial charge in [0, 0.05) is 19.1 Å². The van der Waals surface area contributed by atoms with Gasteiger partial charge in [0.25, 0.3) is 0 Å². The highest BCUT2D eigenvalue weighted by Crippen LogP contribution is 2.23. The number of aromatic nitrogens is 2. The smallest absolute Gasteiger partial charge is 0.148 e. The van der Waals surface area contributed by atoms with Crippen molar-refractivity contribution in [2.45, 2.75) is 11.9 Å². The summed E-state index contributed by atoms with van der Waals surface area (Å²) in [4.78, 5) is 0. The molecule has 0 saturated carbocycles. The summed E-state index contributed by atoms with van der Waals surface area (Å²) in [5.74, 6) is 0.541. The molecule has 0 aromatic carbocycles. The Morgan fingerprint density at radius 1 is 1.56 bits per heavy atom. The lowest BCUT2D eigenvalue weighted by Gasteiger charge is -2.01. The van der Waals surface area contributed by atoms with Crippen LogP contribution in [0.4, 0.5) is 0 Å². The van der Waals surface area contributed by atoms with Crippen molar-refractivity contribution < 1.29 is 8.42 Å². The van der Waals surface area contributed by atoms with Crippen LogP contribution >= 0.6 is 11.8 Å². The fourth-order valence-electron chi connectivity index (χ4n) is 1.22. The van der Waals surface area contributed by atoms with E-state index in [0.717, 1.165) is 5.03 Å². The van der Waals surface area contributed by atoms with Crippen molar-refractivity contribution in [1.29, 1.82) is 5.26 Å². The topological polar surface area (TPSA) is 75.8 Å². The zero-order chi connectivity index (χ0) is 12.3. The molecule has 0 amide bonds. The summed E-state index contributed by atoms with van der Waals surface area (Å²) >= 11 is 1.34. The van der Waals surface area contributed by atoms with E-state index in [4.69, 9.17) is 5.26 Å². The van der Waals surface area contributed by atoms with Crippen LogP contribution in [-0.2, 0) is 16.9 Å². The highest BCUT2D eigenvalue weighted by Gasteiger charge is 2.13. The van der Waals surface area contributed by atoms with E-state index in [0.29, 0.717) is 17.0 Å². The number of hydrogen-bond donors (Lipinski definition) is 0. The Hall–Kier alpha value is -1.00. The Balaban J connectivity index is 2.79. The highest BCUT2D eigenvalue weighted by molar-refractivity contribution is 8.00. The van der Waals surface area contributed by atoms with Crippen molar-refractivity contribution in [2.75, 3.05) is 17.8 Å². The molecule has 0 unspecified atom stereocenters. The lowest BCUT2D eigenvalue weighted by molar-refractivity contribution is 0.603. The molecule has 0 aliphatic carbocycles. The number of aryl methyl sites for hydroxylation is 2. The first-order valence-electron chi connectivity index (χ1n) is 4.59. The molecule has 7 heteroatoms. The Labute approximate surface area is 99.4 Å². The van der Waals surface area contributed by atoms with Gasteiger partial charge in [-0.05, 0) is 6.92 Å². The summed E-state index contributed by atoms with van der Waals surface area (Å²) in [5, 5.41) is 13.8. The molecule has 0 N–H and O–H groups in total. The molecule has 88 valence electrons. The van der Waals surface area contributed by atoms with Crippen molar-refractivity contribution in [1.82, 2.24) is 9.78 Å². The number of thioether (sulfide) groups is 1. The van der Waals surface area contributed by atoms with Crippen LogP contribution in [0.2, 0.25) is 0 Å². The fourth-order valence-corrected chi connectivity index (χ4v) is 3.52. The Morgan fingerprint density at radius 2 is 2.19 bits per heavy atom. The van der Waals surface area contributed by atoms with E-state index >= 15 is 0 Å². The molecule has 0 fully saturated rings. The van der Waals surface area contributed by atoms with E-state index in [9.17, 15) is 8.42 Å². The van der Waals surface area contributed by atoms with Gasteiger partial charge in [-0.2, -0.15) is 10.4 Å². The molecular weight excluding hydrogens is 246 g/mol. The van der Waals surface area contributed by atoms with E-state index < -0.39 is 9.84 Å². The summed E-state index contributed by atoms with van der Waals surface area (Å²) in [7, 11) is -1.21. The molecule has 1 heterocycles. The van der Waals surface area contributed by atoms with E-state index in [1.165, 1.54) is 18.0 Å². The van der Waals surface area contributed by atoms with E-state index in [1.54, 1.807) is 18.7 Å². The predicted octanol–water partition coefficient (Wildman–Crippen LogP) is 0.737. The number of sulfone groups is 1. The van der Waals surface area contributed by atoms with Crippen LogP contribution in [-0.4, -0.2) is 36.0 Å². The van der Waals surface area contributed by atoms with Crippen LogP contribution in [0.5, 0.6) is 0 Å². The van der Waals surface area contributed by atoms with Crippen LogP contribution in [0.25, 0.3) is 0 Å². The number of rotatable bonds is 4. The minimum absolute atomic E-state index is 0.104. The maximum atomic E-state index is 11.0.